The first-order valence-electron chi connectivity index (χ1n) is 6.43. The van der Waals surface area contributed by atoms with Crippen molar-refractivity contribution in [1.29, 1.82) is 0 Å². The molecule has 0 amide bonds. The summed E-state index contributed by atoms with van der Waals surface area (Å²) in [5.74, 6) is 6.21. The highest BCUT2D eigenvalue weighted by atomic mass is 16.6. The number of pyridine rings is 1. The summed E-state index contributed by atoms with van der Waals surface area (Å²) < 4.78 is 0. The molecule has 1 aliphatic heterocycles. The minimum atomic E-state index is -0.437. The maximum Gasteiger partial charge on any atom is 0.276 e. The largest absolute Gasteiger partial charge is 0.353 e. The Morgan fingerprint density at radius 1 is 1.45 bits per heavy atom. The Balaban J connectivity index is 2.32. The Morgan fingerprint density at radius 3 is 2.70 bits per heavy atom. The number of hydrogen-bond donors (Lipinski definition) is 2. The van der Waals surface area contributed by atoms with Crippen molar-refractivity contribution in [3.05, 3.63) is 22.2 Å². The Hall–Kier alpha value is -1.93. The normalized spacial score (nSPS) is 18.9. The van der Waals surface area contributed by atoms with Gasteiger partial charge in [0.2, 0.25) is 0 Å². The van der Waals surface area contributed by atoms with Crippen LogP contribution in [0.5, 0.6) is 0 Å². The molecule has 8 nitrogen and oxygen atoms in total. The maximum atomic E-state index is 11.0. The smallest absolute Gasteiger partial charge is 0.276 e. The molecule has 8 heteroatoms. The number of piperazine rings is 1. The van der Waals surface area contributed by atoms with E-state index in [-0.39, 0.29) is 11.2 Å². The molecule has 2 heterocycles. The van der Waals surface area contributed by atoms with Crippen LogP contribution in [-0.4, -0.2) is 47.0 Å². The van der Waals surface area contributed by atoms with Crippen molar-refractivity contribution >= 4 is 17.3 Å². The molecule has 0 radical (unpaired) electrons. The first-order valence-corrected chi connectivity index (χ1v) is 6.43. The SMILES string of the molecule is CN1CCN(c2cc([N+](=O)[O-])cc(NN)n2)CC1(C)C. The van der Waals surface area contributed by atoms with E-state index in [0.717, 1.165) is 19.6 Å². The molecular weight excluding hydrogens is 260 g/mol. The Kier molecular flexibility index (Phi) is 3.78. The monoisotopic (exact) mass is 280 g/mol. The van der Waals surface area contributed by atoms with Crippen molar-refractivity contribution in [2.45, 2.75) is 19.4 Å². The van der Waals surface area contributed by atoms with Crippen LogP contribution < -0.4 is 16.2 Å². The van der Waals surface area contributed by atoms with Gasteiger partial charge in [0.1, 0.15) is 11.6 Å². The number of aromatic nitrogens is 1. The summed E-state index contributed by atoms with van der Waals surface area (Å²) in [6.45, 7) is 6.68. The van der Waals surface area contributed by atoms with Gasteiger partial charge in [-0.15, -0.1) is 0 Å². The number of hydrogen-bond acceptors (Lipinski definition) is 7. The molecular formula is C12H20N6O2. The van der Waals surface area contributed by atoms with E-state index in [9.17, 15) is 10.1 Å². The second-order valence-electron chi connectivity index (χ2n) is 5.63. The highest BCUT2D eigenvalue weighted by Gasteiger charge is 2.32. The van der Waals surface area contributed by atoms with Gasteiger partial charge in [0, 0.05) is 25.2 Å². The van der Waals surface area contributed by atoms with E-state index < -0.39 is 4.92 Å². The first-order chi connectivity index (χ1) is 9.33. The maximum absolute atomic E-state index is 11.0. The van der Waals surface area contributed by atoms with Crippen LogP contribution in [0, 0.1) is 10.1 Å². The van der Waals surface area contributed by atoms with Gasteiger partial charge >= 0.3 is 0 Å². The molecule has 1 aromatic heterocycles. The lowest BCUT2D eigenvalue weighted by Crippen LogP contribution is -2.57. The summed E-state index contributed by atoms with van der Waals surface area (Å²) in [4.78, 5) is 19.2. The molecule has 0 aromatic carbocycles. The lowest BCUT2D eigenvalue weighted by molar-refractivity contribution is -0.384. The zero-order valence-corrected chi connectivity index (χ0v) is 12.0. The van der Waals surface area contributed by atoms with E-state index >= 15 is 0 Å². The standard InChI is InChI=1S/C12H20N6O2/c1-12(2)8-17(5-4-16(12)3)11-7-9(18(19)20)6-10(14-11)15-13/h6-7H,4-5,8,13H2,1-3H3,(H,14,15). The van der Waals surface area contributed by atoms with Gasteiger partial charge in [-0.25, -0.2) is 10.8 Å². The van der Waals surface area contributed by atoms with Crippen molar-refractivity contribution in [2.75, 3.05) is 37.0 Å². The molecule has 20 heavy (non-hydrogen) atoms. The van der Waals surface area contributed by atoms with Crippen molar-refractivity contribution < 1.29 is 4.92 Å². The van der Waals surface area contributed by atoms with Crippen molar-refractivity contribution in [2.24, 2.45) is 5.84 Å². The third-order valence-electron chi connectivity index (χ3n) is 3.80. The number of nitrogens with one attached hydrogen (secondary N) is 1. The Labute approximate surface area is 117 Å². The number of nitrogens with two attached hydrogens (primary N) is 1. The van der Waals surface area contributed by atoms with E-state index in [1.165, 1.54) is 12.1 Å². The minimum Gasteiger partial charge on any atom is -0.353 e. The molecule has 1 aromatic rings. The van der Waals surface area contributed by atoms with Crippen molar-refractivity contribution in [3.8, 4) is 0 Å². The average Bonchev–Trinajstić information content (AvgIpc) is 2.41. The number of rotatable bonds is 3. The van der Waals surface area contributed by atoms with E-state index in [1.54, 1.807) is 0 Å². The van der Waals surface area contributed by atoms with Gasteiger partial charge in [0.15, 0.2) is 0 Å². The summed E-state index contributed by atoms with van der Waals surface area (Å²) >= 11 is 0. The zero-order valence-electron chi connectivity index (χ0n) is 12.0. The number of hydrazine groups is 1. The number of nitrogen functional groups attached to an aromatic ring is 1. The summed E-state index contributed by atoms with van der Waals surface area (Å²) in [5, 5.41) is 11.0. The van der Waals surface area contributed by atoms with Gasteiger partial charge in [-0.2, -0.15) is 0 Å². The van der Waals surface area contributed by atoms with Gasteiger partial charge in [-0.1, -0.05) is 0 Å². The first kappa shape index (κ1) is 14.5. The zero-order chi connectivity index (χ0) is 14.9. The van der Waals surface area contributed by atoms with Crippen LogP contribution in [0.2, 0.25) is 0 Å². The van der Waals surface area contributed by atoms with Gasteiger partial charge in [-0.05, 0) is 20.9 Å². The lowest BCUT2D eigenvalue weighted by atomic mass is 10.00. The van der Waals surface area contributed by atoms with Crippen LogP contribution in [0.3, 0.4) is 0 Å². The molecule has 0 atom stereocenters. The molecule has 0 spiro atoms. The number of nitro groups is 1. The van der Waals surface area contributed by atoms with Crippen LogP contribution in [0.15, 0.2) is 12.1 Å². The Bertz CT molecular complexity index is 519. The minimum absolute atomic E-state index is 0.0130. The molecule has 1 fully saturated rings. The van der Waals surface area contributed by atoms with Crippen LogP contribution in [0.25, 0.3) is 0 Å². The number of nitrogens with zero attached hydrogens (tertiary/aromatic N) is 4. The third kappa shape index (κ3) is 2.81. The summed E-state index contributed by atoms with van der Waals surface area (Å²) in [5.41, 5.74) is 2.35. The molecule has 1 saturated heterocycles. The van der Waals surface area contributed by atoms with Gasteiger partial charge in [0.05, 0.1) is 17.1 Å². The van der Waals surface area contributed by atoms with Gasteiger partial charge in [-0.3, -0.25) is 15.0 Å². The predicted molar refractivity (Wildman–Crippen MR) is 77.6 cm³/mol. The highest BCUT2D eigenvalue weighted by molar-refractivity contribution is 5.56. The predicted octanol–water partition coefficient (Wildman–Crippen LogP) is 0.806. The molecule has 2 rings (SSSR count). The Morgan fingerprint density at radius 2 is 2.15 bits per heavy atom. The molecule has 110 valence electrons. The van der Waals surface area contributed by atoms with Crippen LogP contribution in [-0.2, 0) is 0 Å². The molecule has 0 aliphatic carbocycles. The van der Waals surface area contributed by atoms with Gasteiger partial charge < -0.3 is 10.3 Å². The molecule has 0 unspecified atom stereocenters. The van der Waals surface area contributed by atoms with E-state index in [1.807, 2.05) is 4.90 Å². The van der Waals surface area contributed by atoms with E-state index in [0.29, 0.717) is 11.6 Å². The summed E-state index contributed by atoms with van der Waals surface area (Å²) in [6.07, 6.45) is 0. The fraction of sp³-hybridized carbons (Fsp3) is 0.583. The third-order valence-corrected chi connectivity index (χ3v) is 3.80. The van der Waals surface area contributed by atoms with E-state index in [2.05, 4.69) is 36.2 Å². The second kappa shape index (κ2) is 5.22. The number of anilines is 2. The molecule has 0 bridgehead atoms. The topological polar surface area (TPSA) is 101 Å². The quantitative estimate of drug-likeness (QED) is 0.480. The molecule has 0 saturated carbocycles. The lowest BCUT2D eigenvalue weighted by Gasteiger charge is -2.45. The van der Waals surface area contributed by atoms with Crippen molar-refractivity contribution in [1.82, 2.24) is 9.88 Å². The summed E-state index contributed by atoms with van der Waals surface area (Å²) in [6, 6.07) is 2.81. The summed E-state index contributed by atoms with van der Waals surface area (Å²) in [7, 11) is 2.07. The molecule has 3 N–H and O–H groups in total. The second-order valence-corrected chi connectivity index (χ2v) is 5.63. The van der Waals surface area contributed by atoms with E-state index in [4.69, 9.17) is 5.84 Å². The van der Waals surface area contributed by atoms with Crippen LogP contribution >= 0.6 is 0 Å². The fourth-order valence-corrected chi connectivity index (χ4v) is 2.28. The average molecular weight is 280 g/mol. The fourth-order valence-electron chi connectivity index (χ4n) is 2.28. The van der Waals surface area contributed by atoms with Crippen LogP contribution in [0.4, 0.5) is 17.3 Å². The van der Waals surface area contributed by atoms with Crippen molar-refractivity contribution in [3.63, 3.8) is 0 Å². The number of likely N-dealkylation sites (N-methyl/N-ethyl adjacent to an activating group) is 1. The van der Waals surface area contributed by atoms with Crippen LogP contribution in [0.1, 0.15) is 13.8 Å². The molecule has 1 aliphatic rings. The van der Waals surface area contributed by atoms with Gasteiger partial charge in [0.25, 0.3) is 5.69 Å². The highest BCUT2D eigenvalue weighted by Crippen LogP contribution is 2.27.